The third kappa shape index (κ3) is 5.97. The molecule has 8 heteroatoms. The highest BCUT2D eigenvalue weighted by Crippen LogP contribution is 2.45. The molecule has 3 aromatic rings. The van der Waals surface area contributed by atoms with E-state index in [-0.39, 0.29) is 40.6 Å². The van der Waals surface area contributed by atoms with E-state index in [1.165, 1.54) is 7.11 Å². The number of ether oxygens (including phenoxy) is 4. The zero-order chi connectivity index (χ0) is 26.9. The van der Waals surface area contributed by atoms with Crippen LogP contribution < -0.4 is 14.2 Å². The first-order valence-electron chi connectivity index (χ1n) is 11.8. The van der Waals surface area contributed by atoms with Crippen molar-refractivity contribution in [2.24, 2.45) is 5.41 Å². The van der Waals surface area contributed by atoms with Crippen LogP contribution in [0.5, 0.6) is 23.0 Å². The molecule has 0 aromatic heterocycles. The quantitative estimate of drug-likeness (QED) is 0.264. The van der Waals surface area contributed by atoms with Gasteiger partial charge in [0.25, 0.3) is 0 Å². The summed E-state index contributed by atoms with van der Waals surface area (Å²) in [7, 11) is 1.43. The van der Waals surface area contributed by atoms with Gasteiger partial charge >= 0.3 is 11.9 Å². The van der Waals surface area contributed by atoms with Crippen molar-refractivity contribution in [3.8, 4) is 23.0 Å². The van der Waals surface area contributed by atoms with Crippen LogP contribution >= 0.6 is 15.9 Å². The fraction of sp³-hybridized carbons (Fsp3) is 0.310. The lowest BCUT2D eigenvalue weighted by Crippen LogP contribution is -2.17. The molecule has 3 aromatic carbocycles. The summed E-state index contributed by atoms with van der Waals surface area (Å²) in [5.74, 6) is -0.390. The molecule has 0 amide bonds. The number of aliphatic hydroxyl groups excluding tert-OH is 1. The van der Waals surface area contributed by atoms with Gasteiger partial charge in [-0.2, -0.15) is 0 Å². The van der Waals surface area contributed by atoms with Crippen molar-refractivity contribution in [3.05, 3.63) is 80.8 Å². The summed E-state index contributed by atoms with van der Waals surface area (Å²) in [4.78, 5) is 26.0. The van der Waals surface area contributed by atoms with Crippen molar-refractivity contribution in [2.45, 2.75) is 46.8 Å². The third-order valence-corrected chi connectivity index (χ3v) is 6.38. The fourth-order valence-corrected chi connectivity index (χ4v) is 4.48. The molecule has 37 heavy (non-hydrogen) atoms. The molecule has 1 heterocycles. The lowest BCUT2D eigenvalue weighted by atomic mass is 9.86. The molecule has 0 spiro atoms. The number of benzene rings is 3. The highest BCUT2D eigenvalue weighted by atomic mass is 79.9. The average molecular weight is 569 g/mol. The largest absolute Gasteiger partial charge is 0.495 e. The van der Waals surface area contributed by atoms with E-state index in [0.717, 1.165) is 10.0 Å². The van der Waals surface area contributed by atoms with Crippen LogP contribution in [-0.2, 0) is 11.3 Å². The van der Waals surface area contributed by atoms with E-state index in [9.17, 15) is 14.7 Å². The summed E-state index contributed by atoms with van der Waals surface area (Å²) < 4.78 is 24.0. The van der Waals surface area contributed by atoms with Crippen LogP contribution in [0.1, 0.15) is 70.7 Å². The number of fused-ring (bicyclic) bond motifs is 2. The minimum atomic E-state index is -0.865. The number of cyclic esters (lactones) is 1. The molecule has 0 saturated carbocycles. The van der Waals surface area contributed by atoms with Gasteiger partial charge in [0.05, 0.1) is 18.8 Å². The summed E-state index contributed by atoms with van der Waals surface area (Å²) in [6.07, 6.45) is -0.410. The van der Waals surface area contributed by atoms with E-state index in [1.807, 2.05) is 33.8 Å². The average Bonchev–Trinajstić information content (AvgIpc) is 2.82. The van der Waals surface area contributed by atoms with Crippen LogP contribution in [0.15, 0.2) is 53.0 Å². The van der Waals surface area contributed by atoms with E-state index in [0.29, 0.717) is 23.1 Å². The second-order valence-electron chi connectivity index (χ2n) is 10.2. The van der Waals surface area contributed by atoms with Gasteiger partial charge in [-0.05, 0) is 72.9 Å². The number of aliphatic hydroxyl groups is 1. The Hall–Kier alpha value is -3.36. The first kappa shape index (κ1) is 26.7. The Balaban J connectivity index is 1.77. The molecule has 0 fully saturated rings. The molecule has 1 aliphatic rings. The molecule has 1 aliphatic heterocycles. The number of hydrogen-bond acceptors (Lipinski definition) is 7. The Morgan fingerprint density at radius 3 is 2.49 bits per heavy atom. The van der Waals surface area contributed by atoms with Crippen molar-refractivity contribution < 1.29 is 33.6 Å². The van der Waals surface area contributed by atoms with Crippen LogP contribution in [0.3, 0.4) is 0 Å². The van der Waals surface area contributed by atoms with Gasteiger partial charge in [-0.3, -0.25) is 0 Å². The summed E-state index contributed by atoms with van der Waals surface area (Å²) in [6.45, 7) is 7.80. The molecule has 0 aliphatic carbocycles. The van der Waals surface area contributed by atoms with E-state index in [4.69, 9.17) is 18.9 Å². The standard InChI is InChI=1S/C29H29BrO7/c1-16-12-18-15-35-28(33)24-22(11-10-20(26(24)34-5)21(31)14-29(2,3)4)36-25(18)23(13-16)37-27(32)17-6-8-19(30)9-7-17/h6-13,21,31H,14-15H2,1-5H3/t21-/m0/s1. The molecule has 0 radical (unpaired) electrons. The molecular weight excluding hydrogens is 540 g/mol. The molecule has 0 bridgehead atoms. The van der Waals surface area contributed by atoms with Crippen molar-refractivity contribution in [1.29, 1.82) is 0 Å². The number of halogens is 1. The normalized spacial score (nSPS) is 13.8. The van der Waals surface area contributed by atoms with Crippen molar-refractivity contribution in [1.82, 2.24) is 0 Å². The predicted octanol–water partition coefficient (Wildman–Crippen LogP) is 6.92. The summed E-state index contributed by atoms with van der Waals surface area (Å²) in [5, 5.41) is 10.9. The summed E-state index contributed by atoms with van der Waals surface area (Å²) in [6, 6.07) is 13.6. The number of esters is 2. The van der Waals surface area contributed by atoms with Crippen LogP contribution in [0.2, 0.25) is 0 Å². The van der Waals surface area contributed by atoms with Crippen LogP contribution in [-0.4, -0.2) is 24.2 Å². The molecular formula is C29H29BrO7. The smallest absolute Gasteiger partial charge is 0.346 e. The maximum atomic E-state index is 13.1. The topological polar surface area (TPSA) is 91.3 Å². The Morgan fingerprint density at radius 2 is 1.84 bits per heavy atom. The second-order valence-corrected chi connectivity index (χ2v) is 11.1. The Morgan fingerprint density at radius 1 is 1.14 bits per heavy atom. The summed E-state index contributed by atoms with van der Waals surface area (Å²) >= 11 is 3.36. The third-order valence-electron chi connectivity index (χ3n) is 5.85. The SMILES string of the molecule is COc1c([C@@H](O)CC(C)(C)C)ccc2c1C(=O)OCc1cc(C)cc(OC(=O)c3ccc(Br)cc3)c1O2. The zero-order valence-corrected chi connectivity index (χ0v) is 23.0. The van der Waals surface area contributed by atoms with Crippen molar-refractivity contribution >= 4 is 27.9 Å². The molecule has 1 atom stereocenters. The van der Waals surface area contributed by atoms with E-state index >= 15 is 0 Å². The van der Waals surface area contributed by atoms with Gasteiger partial charge in [-0.15, -0.1) is 0 Å². The van der Waals surface area contributed by atoms with Crippen LogP contribution in [0, 0.1) is 12.3 Å². The first-order chi connectivity index (χ1) is 17.5. The first-order valence-corrected chi connectivity index (χ1v) is 12.6. The van der Waals surface area contributed by atoms with Gasteiger partial charge in [-0.1, -0.05) is 36.7 Å². The maximum Gasteiger partial charge on any atom is 0.346 e. The van der Waals surface area contributed by atoms with Gasteiger partial charge in [0.1, 0.15) is 23.7 Å². The highest BCUT2D eigenvalue weighted by molar-refractivity contribution is 9.10. The van der Waals surface area contributed by atoms with E-state index in [1.54, 1.807) is 42.5 Å². The molecule has 194 valence electrons. The number of carbonyl (C=O) groups excluding carboxylic acids is 2. The van der Waals surface area contributed by atoms with Gasteiger partial charge < -0.3 is 24.1 Å². The number of carbonyl (C=O) groups is 2. The molecule has 4 rings (SSSR count). The maximum absolute atomic E-state index is 13.1. The van der Waals surface area contributed by atoms with Crippen molar-refractivity contribution in [3.63, 3.8) is 0 Å². The monoisotopic (exact) mass is 568 g/mol. The molecule has 7 nitrogen and oxygen atoms in total. The lowest BCUT2D eigenvalue weighted by molar-refractivity contribution is 0.0451. The minimum Gasteiger partial charge on any atom is -0.495 e. The van der Waals surface area contributed by atoms with Gasteiger partial charge in [0, 0.05) is 15.6 Å². The summed E-state index contributed by atoms with van der Waals surface area (Å²) in [5.41, 5.74) is 2.09. The zero-order valence-electron chi connectivity index (χ0n) is 21.4. The Kier molecular flexibility index (Phi) is 7.62. The number of methoxy groups -OCH3 is 1. The molecule has 1 N–H and O–H groups in total. The predicted molar refractivity (Wildman–Crippen MR) is 141 cm³/mol. The molecule has 0 saturated heterocycles. The van der Waals surface area contributed by atoms with E-state index < -0.39 is 18.0 Å². The van der Waals surface area contributed by atoms with E-state index in [2.05, 4.69) is 15.9 Å². The van der Waals surface area contributed by atoms with Gasteiger partial charge in [0.15, 0.2) is 11.5 Å². The van der Waals surface area contributed by atoms with Crippen LogP contribution in [0.4, 0.5) is 0 Å². The second kappa shape index (κ2) is 10.6. The van der Waals surface area contributed by atoms with Gasteiger partial charge in [-0.25, -0.2) is 9.59 Å². The number of hydrogen-bond donors (Lipinski definition) is 1. The Labute approximate surface area is 224 Å². The van der Waals surface area contributed by atoms with Gasteiger partial charge in [0.2, 0.25) is 0 Å². The number of rotatable bonds is 5. The number of aryl methyl sites for hydroxylation is 1. The van der Waals surface area contributed by atoms with Crippen LogP contribution in [0.25, 0.3) is 0 Å². The Bertz CT molecular complexity index is 1340. The molecule has 0 unspecified atom stereocenters. The van der Waals surface area contributed by atoms with Crippen molar-refractivity contribution in [2.75, 3.05) is 7.11 Å². The highest BCUT2D eigenvalue weighted by Gasteiger charge is 2.31. The minimum absolute atomic E-state index is 0.0596. The fourth-order valence-electron chi connectivity index (χ4n) is 4.21. The lowest BCUT2D eigenvalue weighted by Gasteiger charge is -2.26.